The Morgan fingerprint density at radius 1 is 1.25 bits per heavy atom. The molecule has 5 nitrogen and oxygen atoms in total. The summed E-state index contributed by atoms with van der Waals surface area (Å²) < 4.78 is 5.36. The van der Waals surface area contributed by atoms with Crippen molar-refractivity contribution in [2.75, 3.05) is 13.7 Å². The summed E-state index contributed by atoms with van der Waals surface area (Å²) in [4.78, 5) is 19.0. The molecule has 0 N–H and O–H groups in total. The summed E-state index contributed by atoms with van der Waals surface area (Å²) in [6.07, 6.45) is 0.509. The van der Waals surface area contributed by atoms with Gasteiger partial charge in [-0.2, -0.15) is 0 Å². The summed E-state index contributed by atoms with van der Waals surface area (Å²) >= 11 is 6.08. The number of hydrogen-bond acceptors (Lipinski definition) is 4. The monoisotopic (exact) mass is 344 g/mol. The molecule has 2 aromatic rings. The number of amides is 1. The first-order valence-electron chi connectivity index (χ1n) is 7.53. The van der Waals surface area contributed by atoms with Gasteiger partial charge in [0.25, 0.3) is 5.91 Å². The number of rotatable bonds is 5. The van der Waals surface area contributed by atoms with Gasteiger partial charge in [-0.15, -0.1) is 0 Å². The zero-order chi connectivity index (χ0) is 16.9. The fourth-order valence-electron chi connectivity index (χ4n) is 2.56. The average molecular weight is 345 g/mol. The first-order valence-corrected chi connectivity index (χ1v) is 7.90. The maximum Gasteiger partial charge on any atom is 0.269 e. The van der Waals surface area contributed by atoms with Crippen LogP contribution in [0.4, 0.5) is 0 Å². The Kier molecular flexibility index (Phi) is 5.01. The molecule has 0 spiro atoms. The zero-order valence-electron chi connectivity index (χ0n) is 13.2. The maximum absolute atomic E-state index is 12.3. The molecule has 124 valence electrons. The minimum Gasteiger partial charge on any atom is -0.496 e. The van der Waals surface area contributed by atoms with Gasteiger partial charge in [-0.25, -0.2) is 0 Å². The van der Waals surface area contributed by atoms with Gasteiger partial charge in [-0.3, -0.25) is 9.69 Å². The standard InChI is InChI=1S/C18H17ClN2O3/c1-23-16-8-7-15(19)10-14(16)11-21-17(20-24-12-18(21)22)9-13-5-3-2-4-6-13/h2-8,10H,9,11-12H2,1H3. The van der Waals surface area contributed by atoms with Crippen LogP contribution < -0.4 is 4.74 Å². The molecule has 1 amide bonds. The van der Waals surface area contributed by atoms with Crippen molar-refractivity contribution in [3.05, 3.63) is 64.7 Å². The number of oxime groups is 1. The highest BCUT2D eigenvalue weighted by Gasteiger charge is 2.26. The van der Waals surface area contributed by atoms with E-state index in [0.29, 0.717) is 29.6 Å². The fourth-order valence-corrected chi connectivity index (χ4v) is 2.75. The van der Waals surface area contributed by atoms with E-state index in [1.54, 1.807) is 30.2 Å². The van der Waals surface area contributed by atoms with E-state index in [-0.39, 0.29) is 12.5 Å². The van der Waals surface area contributed by atoms with Gasteiger partial charge in [0.15, 0.2) is 12.4 Å². The molecule has 0 saturated heterocycles. The molecule has 1 aliphatic rings. The Morgan fingerprint density at radius 2 is 2.04 bits per heavy atom. The van der Waals surface area contributed by atoms with Gasteiger partial charge < -0.3 is 9.57 Å². The number of nitrogens with zero attached hydrogens (tertiary/aromatic N) is 2. The average Bonchev–Trinajstić information content (AvgIpc) is 2.59. The lowest BCUT2D eigenvalue weighted by molar-refractivity contribution is -0.135. The largest absolute Gasteiger partial charge is 0.496 e. The maximum atomic E-state index is 12.3. The van der Waals surface area contributed by atoms with E-state index in [9.17, 15) is 4.79 Å². The molecular weight excluding hydrogens is 328 g/mol. The Bertz CT molecular complexity index is 762. The third kappa shape index (κ3) is 3.68. The molecule has 0 atom stereocenters. The zero-order valence-corrected chi connectivity index (χ0v) is 14.0. The van der Waals surface area contributed by atoms with Crippen LogP contribution >= 0.6 is 11.6 Å². The number of benzene rings is 2. The van der Waals surface area contributed by atoms with Crippen molar-refractivity contribution in [3.63, 3.8) is 0 Å². The van der Waals surface area contributed by atoms with Crippen LogP contribution in [-0.2, 0) is 22.6 Å². The van der Waals surface area contributed by atoms with E-state index in [2.05, 4.69) is 5.16 Å². The summed E-state index contributed by atoms with van der Waals surface area (Å²) in [6, 6.07) is 15.2. The molecule has 0 unspecified atom stereocenters. The van der Waals surface area contributed by atoms with Crippen molar-refractivity contribution in [3.8, 4) is 5.75 Å². The smallest absolute Gasteiger partial charge is 0.269 e. The number of ether oxygens (including phenoxy) is 1. The molecule has 1 heterocycles. The van der Waals surface area contributed by atoms with Crippen molar-refractivity contribution in [2.45, 2.75) is 13.0 Å². The number of carbonyl (C=O) groups is 1. The fraction of sp³-hybridized carbons (Fsp3) is 0.222. The molecule has 6 heteroatoms. The van der Waals surface area contributed by atoms with Crippen molar-refractivity contribution < 1.29 is 14.4 Å². The van der Waals surface area contributed by atoms with E-state index in [4.69, 9.17) is 21.2 Å². The van der Waals surface area contributed by atoms with Crippen LogP contribution in [-0.4, -0.2) is 30.4 Å². The number of hydrogen-bond donors (Lipinski definition) is 0. The van der Waals surface area contributed by atoms with Crippen LogP contribution in [0.2, 0.25) is 5.02 Å². The highest BCUT2D eigenvalue weighted by molar-refractivity contribution is 6.30. The summed E-state index contributed by atoms with van der Waals surface area (Å²) in [5.74, 6) is 1.11. The van der Waals surface area contributed by atoms with Crippen LogP contribution in [0.5, 0.6) is 5.75 Å². The Labute approximate surface area is 145 Å². The van der Waals surface area contributed by atoms with Crippen LogP contribution in [0.1, 0.15) is 11.1 Å². The predicted molar refractivity (Wildman–Crippen MR) is 92.1 cm³/mol. The van der Waals surface area contributed by atoms with Crippen molar-refractivity contribution >= 4 is 23.3 Å². The number of carbonyl (C=O) groups excluding carboxylic acids is 1. The quantitative estimate of drug-likeness (QED) is 0.836. The number of halogens is 1. The highest BCUT2D eigenvalue weighted by Crippen LogP contribution is 2.25. The summed E-state index contributed by atoms with van der Waals surface area (Å²) in [5.41, 5.74) is 1.87. The second kappa shape index (κ2) is 7.36. The van der Waals surface area contributed by atoms with Gasteiger partial charge in [-0.05, 0) is 23.8 Å². The molecule has 3 rings (SSSR count). The van der Waals surface area contributed by atoms with Crippen molar-refractivity contribution in [1.82, 2.24) is 4.90 Å². The normalized spacial score (nSPS) is 14.2. The molecule has 0 bridgehead atoms. The minimum atomic E-state index is -0.141. The van der Waals surface area contributed by atoms with Gasteiger partial charge in [-0.1, -0.05) is 47.1 Å². The van der Waals surface area contributed by atoms with E-state index in [1.807, 2.05) is 30.3 Å². The molecule has 0 saturated carbocycles. The van der Waals surface area contributed by atoms with E-state index in [1.165, 1.54) is 0 Å². The molecule has 0 aliphatic carbocycles. The van der Waals surface area contributed by atoms with Crippen LogP contribution in [0.25, 0.3) is 0 Å². The number of amidine groups is 1. The van der Waals surface area contributed by atoms with Crippen molar-refractivity contribution in [2.24, 2.45) is 5.16 Å². The van der Waals surface area contributed by atoms with Gasteiger partial charge >= 0.3 is 0 Å². The molecule has 1 aliphatic heterocycles. The third-order valence-electron chi connectivity index (χ3n) is 3.75. The SMILES string of the molecule is COc1ccc(Cl)cc1CN1C(=O)CON=C1Cc1ccccc1. The topological polar surface area (TPSA) is 51.1 Å². The summed E-state index contributed by atoms with van der Waals surface area (Å²) in [7, 11) is 1.59. The van der Waals surface area contributed by atoms with Gasteiger partial charge in [0.05, 0.1) is 13.7 Å². The second-order valence-electron chi connectivity index (χ2n) is 5.38. The van der Waals surface area contributed by atoms with Crippen LogP contribution in [0.15, 0.2) is 53.7 Å². The third-order valence-corrected chi connectivity index (χ3v) is 3.98. The second-order valence-corrected chi connectivity index (χ2v) is 5.82. The van der Waals surface area contributed by atoms with E-state index < -0.39 is 0 Å². The number of methoxy groups -OCH3 is 1. The first-order chi connectivity index (χ1) is 11.7. The lowest BCUT2D eigenvalue weighted by atomic mass is 10.1. The Hall–Kier alpha value is -2.53. The summed E-state index contributed by atoms with van der Waals surface area (Å²) in [5, 5.41) is 4.67. The molecule has 24 heavy (non-hydrogen) atoms. The lowest BCUT2D eigenvalue weighted by Gasteiger charge is -2.27. The molecule has 0 aromatic heterocycles. The van der Waals surface area contributed by atoms with Gasteiger partial charge in [0.1, 0.15) is 5.75 Å². The van der Waals surface area contributed by atoms with Crippen molar-refractivity contribution in [1.29, 1.82) is 0 Å². The first kappa shape index (κ1) is 16.3. The Morgan fingerprint density at radius 3 is 2.79 bits per heavy atom. The Balaban J connectivity index is 1.86. The van der Waals surface area contributed by atoms with E-state index in [0.717, 1.165) is 11.1 Å². The summed E-state index contributed by atoms with van der Waals surface area (Å²) in [6.45, 7) is 0.263. The van der Waals surface area contributed by atoms with Crippen LogP contribution in [0, 0.1) is 0 Å². The highest BCUT2D eigenvalue weighted by atomic mass is 35.5. The molecule has 0 fully saturated rings. The molecular formula is C18H17ClN2O3. The predicted octanol–water partition coefficient (Wildman–Crippen LogP) is 3.26. The minimum absolute atomic E-state index is 0.0683. The van der Waals surface area contributed by atoms with Gasteiger partial charge in [0, 0.05) is 17.0 Å². The van der Waals surface area contributed by atoms with E-state index >= 15 is 0 Å². The molecule has 2 aromatic carbocycles. The lowest BCUT2D eigenvalue weighted by Crippen LogP contribution is -2.42. The van der Waals surface area contributed by atoms with Crippen LogP contribution in [0.3, 0.4) is 0 Å². The van der Waals surface area contributed by atoms with Gasteiger partial charge in [0.2, 0.25) is 0 Å². The molecule has 0 radical (unpaired) electrons.